The van der Waals surface area contributed by atoms with E-state index in [1.165, 1.54) is 4.90 Å². The van der Waals surface area contributed by atoms with Crippen LogP contribution in [0.15, 0.2) is 18.2 Å². The fourth-order valence-corrected chi connectivity index (χ4v) is 3.13. The molecule has 0 aromatic heterocycles. The van der Waals surface area contributed by atoms with Crippen LogP contribution >= 0.6 is 0 Å². The fraction of sp³-hybridized carbons (Fsp3) is 0.467. The first-order valence-electron chi connectivity index (χ1n) is 7.08. The van der Waals surface area contributed by atoms with E-state index in [4.69, 9.17) is 5.73 Å². The van der Waals surface area contributed by atoms with Gasteiger partial charge in [-0.25, -0.2) is 0 Å². The van der Waals surface area contributed by atoms with Crippen molar-refractivity contribution in [2.24, 2.45) is 5.92 Å². The Morgan fingerprint density at radius 3 is 2.75 bits per heavy atom. The monoisotopic (exact) mass is 273 g/mol. The summed E-state index contributed by atoms with van der Waals surface area (Å²) in [6, 6.07) is 5.07. The smallest absolute Gasteiger partial charge is 0.263 e. The summed E-state index contributed by atoms with van der Waals surface area (Å²) in [6.07, 6.45) is 1.04. The molecule has 1 atom stereocenters. The number of hydrogen-bond acceptors (Lipinski definition) is 4. The third-order valence-corrected chi connectivity index (χ3v) is 4.29. The van der Waals surface area contributed by atoms with Crippen molar-refractivity contribution in [1.29, 1.82) is 0 Å². The number of nitrogen functional groups attached to an aromatic ring is 1. The lowest BCUT2D eigenvalue weighted by atomic mass is 10.1. The number of hydrogen-bond donors (Lipinski definition) is 1. The van der Waals surface area contributed by atoms with Gasteiger partial charge in [-0.1, -0.05) is 13.0 Å². The minimum Gasteiger partial charge on any atom is -0.398 e. The highest BCUT2D eigenvalue weighted by molar-refractivity contribution is 6.23. The summed E-state index contributed by atoms with van der Waals surface area (Å²) >= 11 is 0. The molecule has 0 spiro atoms. The number of rotatable bonds is 3. The summed E-state index contributed by atoms with van der Waals surface area (Å²) in [5.74, 6) is -0.0660. The lowest BCUT2D eigenvalue weighted by Crippen LogP contribution is -2.35. The van der Waals surface area contributed by atoms with Crippen LogP contribution in [0.25, 0.3) is 0 Å². The molecule has 20 heavy (non-hydrogen) atoms. The minimum atomic E-state index is -0.238. The maximum absolute atomic E-state index is 12.4. The number of likely N-dealkylation sites (tertiary alicyclic amines) is 1. The van der Waals surface area contributed by atoms with Gasteiger partial charge in [0.15, 0.2) is 0 Å². The van der Waals surface area contributed by atoms with Gasteiger partial charge < -0.3 is 10.6 Å². The Balaban J connectivity index is 1.79. The molecule has 5 nitrogen and oxygen atoms in total. The topological polar surface area (TPSA) is 66.6 Å². The summed E-state index contributed by atoms with van der Waals surface area (Å²) in [5.41, 5.74) is 7.05. The van der Waals surface area contributed by atoms with Crippen molar-refractivity contribution in [1.82, 2.24) is 9.80 Å². The highest BCUT2D eigenvalue weighted by Gasteiger charge is 2.38. The molecule has 0 aliphatic carbocycles. The van der Waals surface area contributed by atoms with Gasteiger partial charge in [0.2, 0.25) is 0 Å². The number of imide groups is 1. The van der Waals surface area contributed by atoms with Crippen LogP contribution < -0.4 is 5.73 Å². The normalized spacial score (nSPS) is 22.6. The van der Waals surface area contributed by atoms with Crippen molar-refractivity contribution in [3.05, 3.63) is 29.3 Å². The molecule has 0 bridgehead atoms. The van der Waals surface area contributed by atoms with Crippen LogP contribution in [0.5, 0.6) is 0 Å². The Hall–Kier alpha value is -1.88. The molecule has 0 saturated carbocycles. The van der Waals surface area contributed by atoms with Gasteiger partial charge in [-0.2, -0.15) is 0 Å². The van der Waals surface area contributed by atoms with Crippen molar-refractivity contribution in [2.45, 2.75) is 13.3 Å². The first kappa shape index (κ1) is 13.1. The van der Waals surface area contributed by atoms with Crippen molar-refractivity contribution in [2.75, 3.05) is 31.9 Å². The second kappa shape index (κ2) is 4.90. The van der Waals surface area contributed by atoms with Crippen LogP contribution in [0.3, 0.4) is 0 Å². The molecule has 1 saturated heterocycles. The highest BCUT2D eigenvalue weighted by atomic mass is 16.2. The zero-order valence-electron chi connectivity index (χ0n) is 11.6. The van der Waals surface area contributed by atoms with E-state index in [2.05, 4.69) is 11.8 Å². The average Bonchev–Trinajstić information content (AvgIpc) is 2.99. The lowest BCUT2D eigenvalue weighted by molar-refractivity contribution is 0.0631. The molecule has 5 heteroatoms. The van der Waals surface area contributed by atoms with E-state index in [9.17, 15) is 9.59 Å². The van der Waals surface area contributed by atoms with Gasteiger partial charge in [0.05, 0.1) is 11.1 Å². The van der Waals surface area contributed by atoms with Gasteiger partial charge >= 0.3 is 0 Å². The summed E-state index contributed by atoms with van der Waals surface area (Å²) in [6.45, 7) is 5.66. The van der Waals surface area contributed by atoms with Gasteiger partial charge in [-0.3, -0.25) is 14.5 Å². The number of benzene rings is 1. The summed E-state index contributed by atoms with van der Waals surface area (Å²) < 4.78 is 0. The minimum absolute atomic E-state index is 0.202. The van der Waals surface area contributed by atoms with Gasteiger partial charge in [0, 0.05) is 18.8 Å². The largest absolute Gasteiger partial charge is 0.398 e. The number of amides is 2. The van der Waals surface area contributed by atoms with E-state index in [0.717, 1.165) is 26.1 Å². The Morgan fingerprint density at radius 2 is 2.10 bits per heavy atom. The van der Waals surface area contributed by atoms with Crippen molar-refractivity contribution >= 4 is 17.5 Å². The summed E-state index contributed by atoms with van der Waals surface area (Å²) in [5, 5.41) is 0. The quantitative estimate of drug-likeness (QED) is 0.664. The Labute approximate surface area is 118 Å². The van der Waals surface area contributed by atoms with Crippen LogP contribution in [0.2, 0.25) is 0 Å². The van der Waals surface area contributed by atoms with Gasteiger partial charge in [-0.15, -0.1) is 0 Å². The van der Waals surface area contributed by atoms with E-state index in [-0.39, 0.29) is 11.8 Å². The number of nitrogens with two attached hydrogens (primary N) is 1. The van der Waals surface area contributed by atoms with Crippen LogP contribution in [-0.4, -0.2) is 47.8 Å². The molecule has 2 aliphatic rings. The number of anilines is 1. The van der Waals surface area contributed by atoms with Crippen LogP contribution in [-0.2, 0) is 0 Å². The van der Waals surface area contributed by atoms with Crippen molar-refractivity contribution in [3.63, 3.8) is 0 Å². The molecule has 1 unspecified atom stereocenters. The molecule has 2 heterocycles. The molecular weight excluding hydrogens is 254 g/mol. The van der Waals surface area contributed by atoms with Crippen molar-refractivity contribution < 1.29 is 9.59 Å². The second-order valence-corrected chi connectivity index (χ2v) is 5.54. The Bertz CT molecular complexity index is 570. The molecule has 2 amide bonds. The summed E-state index contributed by atoms with van der Waals surface area (Å²) in [7, 11) is 0. The zero-order valence-corrected chi connectivity index (χ0v) is 11.6. The third-order valence-electron chi connectivity index (χ3n) is 4.29. The lowest BCUT2D eigenvalue weighted by Gasteiger charge is -2.19. The van der Waals surface area contributed by atoms with E-state index in [1.807, 2.05) is 0 Å². The average molecular weight is 273 g/mol. The number of nitrogens with zero attached hydrogens (tertiary/aromatic N) is 2. The third kappa shape index (κ3) is 1.98. The number of carbonyl (C=O) groups excluding carboxylic acids is 2. The number of carbonyl (C=O) groups is 2. The standard InChI is InChI=1S/C15H19N3O2/c1-2-17-7-6-10(8-17)9-18-14(19)11-4-3-5-12(16)13(11)15(18)20/h3-5,10H,2,6-9,16H2,1H3. The van der Waals surface area contributed by atoms with Gasteiger partial charge in [-0.05, 0) is 37.6 Å². The molecule has 1 aromatic carbocycles. The molecule has 1 aromatic rings. The molecule has 3 rings (SSSR count). The Morgan fingerprint density at radius 1 is 1.30 bits per heavy atom. The van der Waals surface area contributed by atoms with E-state index < -0.39 is 0 Å². The molecular formula is C15H19N3O2. The summed E-state index contributed by atoms with van der Waals surface area (Å²) in [4.78, 5) is 28.4. The Kier molecular flexibility index (Phi) is 3.22. The molecule has 0 radical (unpaired) electrons. The van der Waals surface area contributed by atoms with Crippen LogP contribution in [0.1, 0.15) is 34.1 Å². The fourth-order valence-electron chi connectivity index (χ4n) is 3.13. The van der Waals surface area contributed by atoms with Crippen LogP contribution in [0.4, 0.5) is 5.69 Å². The first-order valence-corrected chi connectivity index (χ1v) is 7.08. The number of fused-ring (bicyclic) bond motifs is 1. The second-order valence-electron chi connectivity index (χ2n) is 5.54. The van der Waals surface area contributed by atoms with E-state index in [1.54, 1.807) is 18.2 Å². The molecule has 2 N–H and O–H groups in total. The predicted octanol–water partition coefficient (Wildman–Crippen LogP) is 1.21. The van der Waals surface area contributed by atoms with Crippen LogP contribution in [0, 0.1) is 5.92 Å². The first-order chi connectivity index (χ1) is 9.61. The van der Waals surface area contributed by atoms with E-state index in [0.29, 0.717) is 29.3 Å². The predicted molar refractivity (Wildman–Crippen MR) is 76.4 cm³/mol. The van der Waals surface area contributed by atoms with E-state index >= 15 is 0 Å². The van der Waals surface area contributed by atoms with Gasteiger partial charge in [0.1, 0.15) is 0 Å². The SMILES string of the molecule is CCN1CCC(CN2C(=O)c3cccc(N)c3C2=O)C1. The maximum atomic E-state index is 12.4. The van der Waals surface area contributed by atoms with Crippen molar-refractivity contribution in [3.8, 4) is 0 Å². The maximum Gasteiger partial charge on any atom is 0.263 e. The molecule has 106 valence electrons. The molecule has 2 aliphatic heterocycles. The molecule has 1 fully saturated rings. The highest BCUT2D eigenvalue weighted by Crippen LogP contribution is 2.29. The zero-order chi connectivity index (χ0) is 14.3. The van der Waals surface area contributed by atoms with Gasteiger partial charge in [0.25, 0.3) is 11.8 Å².